The summed E-state index contributed by atoms with van der Waals surface area (Å²) < 4.78 is 7.59. The van der Waals surface area contributed by atoms with Crippen LogP contribution < -0.4 is 15.8 Å². The molecule has 1 aliphatic heterocycles. The summed E-state index contributed by atoms with van der Waals surface area (Å²) in [5, 5.41) is 13.9. The van der Waals surface area contributed by atoms with Gasteiger partial charge in [-0.2, -0.15) is 0 Å². The van der Waals surface area contributed by atoms with Crippen molar-refractivity contribution >= 4 is 40.1 Å². The van der Waals surface area contributed by atoms with Crippen molar-refractivity contribution < 1.29 is 14.6 Å². The highest BCUT2D eigenvalue weighted by atomic mass is 16.5. The van der Waals surface area contributed by atoms with Crippen LogP contribution in [0.25, 0.3) is 16.7 Å². The van der Waals surface area contributed by atoms with Crippen molar-refractivity contribution in [2.45, 2.75) is 72.4 Å². The van der Waals surface area contributed by atoms with E-state index in [9.17, 15) is 14.7 Å². The van der Waals surface area contributed by atoms with Crippen LogP contribution in [0.5, 0.6) is 0 Å². The molecule has 10 heteroatoms. The van der Waals surface area contributed by atoms with Crippen LogP contribution >= 0.6 is 0 Å². The third-order valence-corrected chi connectivity index (χ3v) is 8.64. The molecule has 0 radical (unpaired) electrons. The fraction of sp³-hybridized carbons (Fsp3) is 0.500. The molecule has 42 heavy (non-hydrogen) atoms. The summed E-state index contributed by atoms with van der Waals surface area (Å²) in [6.07, 6.45) is 6.87. The van der Waals surface area contributed by atoms with Crippen LogP contribution in [0.1, 0.15) is 70.5 Å². The average Bonchev–Trinajstić information content (AvgIpc) is 3.47. The molecule has 1 saturated carbocycles. The molecule has 5 rings (SSSR count). The van der Waals surface area contributed by atoms with E-state index in [0.717, 1.165) is 47.8 Å². The summed E-state index contributed by atoms with van der Waals surface area (Å²) in [5.41, 5.74) is 2.87. The highest BCUT2D eigenvalue weighted by Crippen LogP contribution is 2.34. The number of ether oxygens (including phenoxy) is 1. The van der Waals surface area contributed by atoms with E-state index in [2.05, 4.69) is 47.5 Å². The first kappa shape index (κ1) is 29.4. The van der Waals surface area contributed by atoms with E-state index < -0.39 is 6.09 Å². The van der Waals surface area contributed by atoms with Crippen molar-refractivity contribution in [3.05, 3.63) is 58.7 Å². The second kappa shape index (κ2) is 11.7. The number of nitrogens with one attached hydrogen (secondary N) is 1. The van der Waals surface area contributed by atoms with Crippen LogP contribution in [-0.4, -0.2) is 62.9 Å². The third-order valence-electron chi connectivity index (χ3n) is 8.64. The number of amides is 1. The standard InChI is InChI=1S/C32H42N6O4/c1-7-42-21(3)29-20(2)24-18-34-28(16-25(24)38(30(29)39)22-10-8-9-11-22)35-27-13-12-23(17-33-27)36-14-15-37(31(40)41)26(19-36)32(4,5)6/h12-13,16-18,22,26H,3,7-11,14-15,19H2,1-2,4-6H3,(H,40,41)(H,33,34,35). The van der Waals surface area contributed by atoms with E-state index >= 15 is 0 Å². The Kier molecular flexibility index (Phi) is 8.17. The number of aromatic nitrogens is 3. The van der Waals surface area contributed by atoms with Crippen LogP contribution in [-0.2, 0) is 4.74 Å². The number of piperazine rings is 1. The van der Waals surface area contributed by atoms with Crippen molar-refractivity contribution in [2.75, 3.05) is 36.5 Å². The number of pyridine rings is 3. The topological polar surface area (TPSA) is 113 Å². The zero-order chi connectivity index (χ0) is 30.2. The van der Waals surface area contributed by atoms with Crippen LogP contribution in [0.4, 0.5) is 22.1 Å². The van der Waals surface area contributed by atoms with Gasteiger partial charge in [-0.3, -0.25) is 4.79 Å². The minimum atomic E-state index is -0.876. The number of fused-ring (bicyclic) bond motifs is 1. The van der Waals surface area contributed by atoms with Crippen LogP contribution in [0.15, 0.2) is 42.0 Å². The normalized spacial score (nSPS) is 18.0. The monoisotopic (exact) mass is 574 g/mol. The molecule has 2 N–H and O–H groups in total. The first-order valence-electron chi connectivity index (χ1n) is 14.8. The molecule has 1 unspecified atom stereocenters. The zero-order valence-electron chi connectivity index (χ0n) is 25.3. The SMILES string of the molecule is C=C(OCC)c1c(C)c2cnc(Nc3ccc(N4CCN(C(=O)O)C(C(C)(C)C)C4)cn3)cc2n(C2CCCC2)c1=O. The molecular formula is C32H42N6O4. The summed E-state index contributed by atoms with van der Waals surface area (Å²) in [7, 11) is 0. The van der Waals surface area contributed by atoms with Gasteiger partial charge in [-0.15, -0.1) is 0 Å². The molecule has 1 amide bonds. The van der Waals surface area contributed by atoms with E-state index in [-0.39, 0.29) is 23.1 Å². The van der Waals surface area contributed by atoms with Crippen molar-refractivity contribution in [2.24, 2.45) is 5.41 Å². The van der Waals surface area contributed by atoms with E-state index in [0.29, 0.717) is 49.2 Å². The summed E-state index contributed by atoms with van der Waals surface area (Å²) in [6, 6.07) is 5.83. The van der Waals surface area contributed by atoms with Gasteiger partial charge < -0.3 is 29.5 Å². The van der Waals surface area contributed by atoms with Crippen molar-refractivity contribution in [1.82, 2.24) is 19.4 Å². The molecule has 1 aliphatic carbocycles. The van der Waals surface area contributed by atoms with Gasteiger partial charge in [0, 0.05) is 43.3 Å². The molecule has 1 atom stereocenters. The van der Waals surface area contributed by atoms with Gasteiger partial charge in [-0.05, 0) is 49.8 Å². The summed E-state index contributed by atoms with van der Waals surface area (Å²) in [4.78, 5) is 38.7. The van der Waals surface area contributed by atoms with Gasteiger partial charge >= 0.3 is 6.09 Å². The number of aryl methyl sites for hydroxylation is 1. The number of nitrogens with zero attached hydrogens (tertiary/aromatic N) is 5. The fourth-order valence-electron chi connectivity index (χ4n) is 6.39. The molecule has 2 aliphatic rings. The number of hydrogen-bond donors (Lipinski definition) is 2. The van der Waals surface area contributed by atoms with Gasteiger partial charge in [0.2, 0.25) is 0 Å². The molecule has 10 nitrogen and oxygen atoms in total. The van der Waals surface area contributed by atoms with E-state index in [1.54, 1.807) is 4.90 Å². The number of carbonyl (C=O) groups is 1. The Labute approximate surface area is 247 Å². The van der Waals surface area contributed by atoms with E-state index in [1.165, 1.54) is 0 Å². The summed E-state index contributed by atoms with van der Waals surface area (Å²) in [6.45, 7) is 16.2. The Morgan fingerprint density at radius 2 is 1.86 bits per heavy atom. The number of rotatable bonds is 7. The minimum Gasteiger partial charge on any atom is -0.494 e. The van der Waals surface area contributed by atoms with Gasteiger partial charge in [0.15, 0.2) is 0 Å². The average molecular weight is 575 g/mol. The molecule has 224 valence electrons. The van der Waals surface area contributed by atoms with E-state index in [1.807, 2.05) is 49.0 Å². The van der Waals surface area contributed by atoms with Gasteiger partial charge in [0.1, 0.15) is 17.4 Å². The quantitative estimate of drug-likeness (QED) is 0.322. The lowest BCUT2D eigenvalue weighted by Gasteiger charge is -2.46. The largest absolute Gasteiger partial charge is 0.494 e. The van der Waals surface area contributed by atoms with Crippen molar-refractivity contribution in [1.29, 1.82) is 0 Å². The Bertz CT molecular complexity index is 1540. The molecule has 0 bridgehead atoms. The molecule has 1 saturated heterocycles. The third kappa shape index (κ3) is 5.67. The van der Waals surface area contributed by atoms with Gasteiger partial charge in [0.25, 0.3) is 5.56 Å². The van der Waals surface area contributed by atoms with Gasteiger partial charge in [-0.25, -0.2) is 14.8 Å². The van der Waals surface area contributed by atoms with Crippen molar-refractivity contribution in [3.8, 4) is 0 Å². The predicted molar refractivity (Wildman–Crippen MR) is 167 cm³/mol. The Morgan fingerprint density at radius 1 is 1.14 bits per heavy atom. The first-order chi connectivity index (χ1) is 20.0. The van der Waals surface area contributed by atoms with Crippen molar-refractivity contribution in [3.63, 3.8) is 0 Å². The maximum atomic E-state index is 13.8. The maximum Gasteiger partial charge on any atom is 0.407 e. The van der Waals surface area contributed by atoms with Crippen LogP contribution in [0.3, 0.4) is 0 Å². The smallest absolute Gasteiger partial charge is 0.407 e. The van der Waals surface area contributed by atoms with E-state index in [4.69, 9.17) is 4.74 Å². The lowest BCUT2D eigenvalue weighted by atomic mass is 9.84. The molecule has 4 heterocycles. The molecule has 3 aromatic rings. The Morgan fingerprint density at radius 3 is 2.48 bits per heavy atom. The predicted octanol–water partition coefficient (Wildman–Crippen LogP) is 6.18. The van der Waals surface area contributed by atoms with Gasteiger partial charge in [0.05, 0.1) is 35.6 Å². The number of hydrogen-bond acceptors (Lipinski definition) is 7. The molecule has 2 fully saturated rings. The summed E-state index contributed by atoms with van der Waals surface area (Å²) in [5.74, 6) is 1.64. The summed E-state index contributed by atoms with van der Waals surface area (Å²) >= 11 is 0. The first-order valence-corrected chi connectivity index (χ1v) is 14.8. The zero-order valence-corrected chi connectivity index (χ0v) is 25.3. The molecular weight excluding hydrogens is 532 g/mol. The minimum absolute atomic E-state index is 0.0680. The molecule has 0 spiro atoms. The second-order valence-corrected chi connectivity index (χ2v) is 12.4. The molecule has 3 aromatic heterocycles. The molecule has 0 aromatic carbocycles. The van der Waals surface area contributed by atoms with Crippen LogP contribution in [0.2, 0.25) is 0 Å². The number of carboxylic acid groups (broad SMARTS) is 1. The number of anilines is 3. The Balaban J connectivity index is 1.42. The second-order valence-electron chi connectivity index (χ2n) is 12.4. The maximum absolute atomic E-state index is 13.8. The lowest BCUT2D eigenvalue weighted by molar-refractivity contribution is 0.0748. The highest BCUT2D eigenvalue weighted by Gasteiger charge is 2.38. The lowest BCUT2D eigenvalue weighted by Crippen LogP contribution is -2.59. The van der Waals surface area contributed by atoms with Gasteiger partial charge in [-0.1, -0.05) is 40.2 Å². The fourth-order valence-corrected chi connectivity index (χ4v) is 6.39. The highest BCUT2D eigenvalue weighted by molar-refractivity contribution is 5.88. The van der Waals surface area contributed by atoms with Crippen LogP contribution in [0, 0.1) is 12.3 Å². The Hall–Kier alpha value is -4.08.